The van der Waals surface area contributed by atoms with Crippen LogP contribution >= 0.6 is 0 Å². The smallest absolute Gasteiger partial charge is 0.267 e. The molecule has 1 aliphatic rings. The van der Waals surface area contributed by atoms with Crippen LogP contribution in [0.1, 0.15) is 70.6 Å². The molecule has 1 heterocycles. The Morgan fingerprint density at radius 3 is 1.97 bits per heavy atom. The lowest BCUT2D eigenvalue weighted by Crippen LogP contribution is -2.60. The Hall–Kier alpha value is -0.800. The highest BCUT2D eigenvalue weighted by Gasteiger charge is 2.32. The van der Waals surface area contributed by atoms with Crippen molar-refractivity contribution < 1.29 is 27.4 Å². The predicted molar refractivity (Wildman–Crippen MR) is 126 cm³/mol. The molecule has 0 bridgehead atoms. The Labute approximate surface area is 189 Å². The second kappa shape index (κ2) is 15.1. The van der Waals surface area contributed by atoms with Crippen LogP contribution in [0, 0.1) is 0 Å². The largest absolute Gasteiger partial charge is 0.386 e. The topological polar surface area (TPSA) is 94.9 Å². The fourth-order valence-electron chi connectivity index (χ4n) is 4.35. The third-order valence-electron chi connectivity index (χ3n) is 6.34. The number of aliphatic hydroxyl groups is 1. The van der Waals surface area contributed by atoms with Gasteiger partial charge in [-0.1, -0.05) is 57.9 Å². The van der Waals surface area contributed by atoms with Gasteiger partial charge in [-0.05, 0) is 25.5 Å². The van der Waals surface area contributed by atoms with Gasteiger partial charge in [0.1, 0.15) is 18.4 Å². The lowest BCUT2D eigenvalue weighted by atomic mass is 10.0. The highest BCUT2D eigenvalue weighted by Crippen LogP contribution is 2.15. The van der Waals surface area contributed by atoms with Gasteiger partial charge in [0.2, 0.25) is 0 Å². The van der Waals surface area contributed by atoms with E-state index in [0.717, 1.165) is 45.6 Å². The normalized spacial score (nSPS) is 18.0. The molecule has 1 fully saturated rings. The molecule has 1 aliphatic heterocycles. The van der Waals surface area contributed by atoms with Crippen LogP contribution < -0.4 is 0 Å². The zero-order chi connectivity index (χ0) is 23.2. The summed E-state index contributed by atoms with van der Waals surface area (Å²) in [6.07, 6.45) is 13.3. The van der Waals surface area contributed by atoms with Gasteiger partial charge in [0, 0.05) is 19.5 Å². The number of hydrogen-bond donors (Lipinski definition) is 2. The van der Waals surface area contributed by atoms with Gasteiger partial charge >= 0.3 is 0 Å². The number of allylic oxidation sites excluding steroid dienone is 1. The van der Waals surface area contributed by atoms with Crippen LogP contribution in [0.2, 0.25) is 0 Å². The average Bonchev–Trinajstić information content (AvgIpc) is 2.68. The SMILES string of the molecule is C=CC(=O)CCCCCCCCCCCCN1CC[N+](C)(CC(O)CS(=O)(=O)O)CC1. The summed E-state index contributed by atoms with van der Waals surface area (Å²) in [6, 6.07) is 0. The number of ketones is 1. The number of quaternary nitrogens is 1. The van der Waals surface area contributed by atoms with Gasteiger partial charge < -0.3 is 9.59 Å². The maximum atomic E-state index is 11.1. The lowest BCUT2D eigenvalue weighted by Gasteiger charge is -2.43. The van der Waals surface area contributed by atoms with Crippen molar-refractivity contribution in [3.05, 3.63) is 12.7 Å². The van der Waals surface area contributed by atoms with E-state index in [-0.39, 0.29) is 5.78 Å². The maximum absolute atomic E-state index is 11.1. The number of unbranched alkanes of at least 4 members (excludes halogenated alkanes) is 9. The van der Waals surface area contributed by atoms with Crippen molar-refractivity contribution in [2.24, 2.45) is 0 Å². The Morgan fingerprint density at radius 2 is 1.48 bits per heavy atom. The minimum Gasteiger partial charge on any atom is -0.386 e. The molecular formula is C23H45N2O5S+. The van der Waals surface area contributed by atoms with Gasteiger partial charge in [0.05, 0.1) is 20.1 Å². The van der Waals surface area contributed by atoms with Crippen molar-refractivity contribution in [2.45, 2.75) is 76.7 Å². The van der Waals surface area contributed by atoms with E-state index in [9.17, 15) is 18.3 Å². The van der Waals surface area contributed by atoms with Crippen LogP contribution in [-0.4, -0.2) is 91.4 Å². The highest BCUT2D eigenvalue weighted by molar-refractivity contribution is 7.85. The number of hydrogen-bond acceptors (Lipinski definition) is 5. The van der Waals surface area contributed by atoms with Crippen LogP contribution in [0.5, 0.6) is 0 Å². The van der Waals surface area contributed by atoms with Crippen LogP contribution in [-0.2, 0) is 14.9 Å². The van der Waals surface area contributed by atoms with Crippen molar-refractivity contribution in [3.8, 4) is 0 Å². The maximum Gasteiger partial charge on any atom is 0.267 e. The zero-order valence-corrected chi connectivity index (χ0v) is 20.3. The third-order valence-corrected chi connectivity index (χ3v) is 7.15. The summed E-state index contributed by atoms with van der Waals surface area (Å²) in [7, 11) is -2.08. The number of carbonyl (C=O) groups is 1. The van der Waals surface area contributed by atoms with E-state index in [4.69, 9.17) is 4.55 Å². The van der Waals surface area contributed by atoms with E-state index >= 15 is 0 Å². The molecule has 31 heavy (non-hydrogen) atoms. The van der Waals surface area contributed by atoms with Crippen LogP contribution in [0.15, 0.2) is 12.7 Å². The molecule has 0 aliphatic carbocycles. The molecule has 1 unspecified atom stereocenters. The van der Waals surface area contributed by atoms with Gasteiger partial charge in [0.25, 0.3) is 10.1 Å². The standard InChI is InChI=1S/C23H44N2O5S/c1-3-22(26)14-12-10-8-6-4-5-7-9-11-13-15-24-16-18-25(2,19-17-24)20-23(27)21-31(28,29)30/h3,23,27H,1,4-21H2,2H3/p+1. The van der Waals surface area contributed by atoms with E-state index < -0.39 is 22.0 Å². The molecule has 2 N–H and O–H groups in total. The number of likely N-dealkylation sites (N-methyl/N-ethyl adjacent to an activating group) is 1. The molecule has 182 valence electrons. The molecular weight excluding hydrogens is 416 g/mol. The summed E-state index contributed by atoms with van der Waals surface area (Å²) in [4.78, 5) is 13.6. The first-order valence-corrected chi connectivity index (χ1v) is 13.6. The fraction of sp³-hybridized carbons (Fsp3) is 0.870. The first-order valence-electron chi connectivity index (χ1n) is 12.0. The van der Waals surface area contributed by atoms with Gasteiger partial charge in [-0.2, -0.15) is 8.42 Å². The molecule has 7 nitrogen and oxygen atoms in total. The molecule has 0 aromatic carbocycles. The van der Waals surface area contributed by atoms with Gasteiger partial charge in [-0.25, -0.2) is 0 Å². The molecule has 8 heteroatoms. The predicted octanol–water partition coefficient (Wildman–Crippen LogP) is 3.04. The first kappa shape index (κ1) is 28.2. The Kier molecular flexibility index (Phi) is 13.8. The summed E-state index contributed by atoms with van der Waals surface area (Å²) in [5, 5.41) is 9.93. The number of carbonyl (C=O) groups excluding carboxylic acids is 1. The molecule has 0 aromatic rings. The molecule has 0 amide bonds. The van der Waals surface area contributed by atoms with E-state index in [1.54, 1.807) is 0 Å². The number of nitrogens with zero attached hydrogens (tertiary/aromatic N) is 2. The van der Waals surface area contributed by atoms with E-state index in [1.165, 1.54) is 57.4 Å². The quantitative estimate of drug-likeness (QED) is 0.141. The molecule has 0 saturated carbocycles. The monoisotopic (exact) mass is 461 g/mol. The molecule has 1 saturated heterocycles. The molecule has 1 rings (SSSR count). The van der Waals surface area contributed by atoms with Gasteiger partial charge in [-0.3, -0.25) is 14.2 Å². The van der Waals surface area contributed by atoms with Crippen LogP contribution in [0.25, 0.3) is 0 Å². The molecule has 0 spiro atoms. The number of rotatable bonds is 18. The van der Waals surface area contributed by atoms with E-state index in [1.807, 2.05) is 7.05 Å². The average molecular weight is 462 g/mol. The minimum atomic E-state index is -4.13. The zero-order valence-electron chi connectivity index (χ0n) is 19.5. The summed E-state index contributed by atoms with van der Waals surface area (Å²) in [6.45, 7) is 8.68. The minimum absolute atomic E-state index is 0.159. The highest BCUT2D eigenvalue weighted by atomic mass is 32.2. The van der Waals surface area contributed by atoms with E-state index in [2.05, 4.69) is 11.5 Å². The summed E-state index contributed by atoms with van der Waals surface area (Å²) in [5.41, 5.74) is 0. The van der Waals surface area contributed by atoms with Crippen LogP contribution in [0.3, 0.4) is 0 Å². The van der Waals surface area contributed by atoms with Crippen molar-refractivity contribution in [3.63, 3.8) is 0 Å². The van der Waals surface area contributed by atoms with Crippen LogP contribution in [0.4, 0.5) is 0 Å². The Balaban J connectivity index is 1.97. The summed E-state index contributed by atoms with van der Waals surface area (Å²) in [5.74, 6) is -0.423. The number of piperazine rings is 1. The first-order chi connectivity index (χ1) is 14.6. The van der Waals surface area contributed by atoms with Crippen molar-refractivity contribution in [1.29, 1.82) is 0 Å². The van der Waals surface area contributed by atoms with Gasteiger partial charge in [-0.15, -0.1) is 0 Å². The van der Waals surface area contributed by atoms with Crippen molar-refractivity contribution >= 4 is 15.9 Å². The summed E-state index contributed by atoms with van der Waals surface area (Å²) < 4.78 is 31.4. The Bertz CT molecular complexity index is 615. The van der Waals surface area contributed by atoms with Gasteiger partial charge in [0.15, 0.2) is 5.78 Å². The van der Waals surface area contributed by atoms with Crippen molar-refractivity contribution in [1.82, 2.24) is 4.90 Å². The molecule has 0 aromatic heterocycles. The van der Waals surface area contributed by atoms with E-state index in [0.29, 0.717) is 17.4 Å². The second-order valence-corrected chi connectivity index (χ2v) is 10.9. The second-order valence-electron chi connectivity index (χ2n) is 9.45. The Morgan fingerprint density at radius 1 is 1.00 bits per heavy atom. The molecule has 0 radical (unpaired) electrons. The fourth-order valence-corrected chi connectivity index (χ4v) is 4.94. The third kappa shape index (κ3) is 14.8. The number of aliphatic hydroxyl groups excluding tert-OH is 1. The molecule has 1 atom stereocenters. The lowest BCUT2D eigenvalue weighted by molar-refractivity contribution is -0.916. The van der Waals surface area contributed by atoms with Crippen molar-refractivity contribution in [2.75, 3.05) is 52.1 Å². The summed E-state index contributed by atoms with van der Waals surface area (Å²) >= 11 is 0.